The van der Waals surface area contributed by atoms with Gasteiger partial charge in [-0.3, -0.25) is 23.7 Å². The molecule has 1 aliphatic heterocycles. The van der Waals surface area contributed by atoms with Crippen molar-refractivity contribution in [2.24, 2.45) is 14.1 Å². The second kappa shape index (κ2) is 12.6. The lowest BCUT2D eigenvalue weighted by Gasteiger charge is -2.36. The molecular weight excluding hydrogens is 508 g/mol. The minimum Gasteiger partial charge on any atom is -0.611 e. The summed E-state index contributed by atoms with van der Waals surface area (Å²) in [5.41, 5.74) is 0.788. The summed E-state index contributed by atoms with van der Waals surface area (Å²) in [6, 6.07) is 7.73. The number of imidazole rings is 1. The molecule has 0 bridgehead atoms. The van der Waals surface area contributed by atoms with Crippen LogP contribution in [0.5, 0.6) is 0 Å². The van der Waals surface area contributed by atoms with E-state index in [9.17, 15) is 24.4 Å². The third-order valence-electron chi connectivity index (χ3n) is 7.12. The van der Waals surface area contributed by atoms with Crippen molar-refractivity contribution in [3.05, 3.63) is 57.0 Å². The Morgan fingerprint density at radius 2 is 1.68 bits per heavy atom. The zero-order valence-electron chi connectivity index (χ0n) is 22.3. The molecule has 1 aromatic carbocycles. The lowest BCUT2D eigenvalue weighted by Crippen LogP contribution is -2.51. The predicted molar refractivity (Wildman–Crippen MR) is 147 cm³/mol. The molecule has 1 aliphatic rings. The first-order chi connectivity index (χ1) is 18.1. The van der Waals surface area contributed by atoms with Crippen molar-refractivity contribution in [2.75, 3.05) is 45.0 Å². The van der Waals surface area contributed by atoms with Gasteiger partial charge in [0.2, 0.25) is 0 Å². The molecule has 11 nitrogen and oxygen atoms in total. The van der Waals surface area contributed by atoms with Crippen molar-refractivity contribution in [2.45, 2.75) is 43.4 Å². The Bertz CT molecular complexity index is 1350. The van der Waals surface area contributed by atoms with Gasteiger partial charge in [-0.2, -0.15) is 0 Å². The van der Waals surface area contributed by atoms with E-state index in [0.29, 0.717) is 42.8 Å². The lowest BCUT2D eigenvalue weighted by atomic mass is 10.2. The van der Waals surface area contributed by atoms with E-state index in [1.165, 1.54) is 10.9 Å². The predicted octanol–water partition coefficient (Wildman–Crippen LogP) is -0.330. The summed E-state index contributed by atoms with van der Waals surface area (Å²) in [6.45, 7) is 5.74. The Morgan fingerprint density at radius 3 is 2.34 bits per heavy atom. The van der Waals surface area contributed by atoms with Crippen LogP contribution in [0.15, 0.2) is 45.1 Å². The van der Waals surface area contributed by atoms with Gasteiger partial charge >= 0.3 is 5.69 Å². The third-order valence-corrected chi connectivity index (χ3v) is 8.56. The van der Waals surface area contributed by atoms with E-state index in [0.717, 1.165) is 41.2 Å². The molecule has 2 N–H and O–H groups in total. The number of fused-ring (bicyclic) bond motifs is 1. The highest BCUT2D eigenvalue weighted by Crippen LogP contribution is 2.15. The number of benzene rings is 1. The molecule has 3 heterocycles. The summed E-state index contributed by atoms with van der Waals surface area (Å²) in [6.07, 6.45) is 1.43. The second-order valence-corrected chi connectivity index (χ2v) is 11.8. The molecule has 0 spiro atoms. The van der Waals surface area contributed by atoms with E-state index in [1.54, 1.807) is 18.7 Å². The number of aliphatic hydroxyl groups excluding tert-OH is 2. The number of nitrogens with zero attached hydrogens (tertiary/aromatic N) is 6. The van der Waals surface area contributed by atoms with Gasteiger partial charge < -0.3 is 19.3 Å². The van der Waals surface area contributed by atoms with Gasteiger partial charge in [-0.15, -0.1) is 0 Å². The number of aromatic nitrogens is 4. The Morgan fingerprint density at radius 1 is 1.03 bits per heavy atom. The average Bonchev–Trinajstić information content (AvgIpc) is 3.28. The van der Waals surface area contributed by atoms with E-state index >= 15 is 0 Å². The molecule has 3 unspecified atom stereocenters. The summed E-state index contributed by atoms with van der Waals surface area (Å²) in [5.74, 6) is 0.534. The van der Waals surface area contributed by atoms with Gasteiger partial charge in [-0.1, -0.05) is 12.1 Å². The number of aliphatic hydroxyl groups is 2. The molecule has 0 radical (unpaired) electrons. The quantitative estimate of drug-likeness (QED) is 0.313. The number of hydrogen-bond acceptors (Lipinski definition) is 8. The molecule has 0 amide bonds. The first-order valence-electron chi connectivity index (χ1n) is 13.0. The topological polar surface area (TPSA) is 132 Å². The second-order valence-electron chi connectivity index (χ2n) is 10.2. The van der Waals surface area contributed by atoms with Crippen LogP contribution in [0.2, 0.25) is 0 Å². The van der Waals surface area contributed by atoms with Crippen LogP contribution >= 0.6 is 0 Å². The first-order valence-corrected chi connectivity index (χ1v) is 14.3. The molecule has 3 atom stereocenters. The monoisotopic (exact) mass is 546 g/mol. The Kier molecular flexibility index (Phi) is 9.45. The summed E-state index contributed by atoms with van der Waals surface area (Å²) >= 11 is -1.05. The number of piperazine rings is 1. The minimum absolute atomic E-state index is 0.0878. The highest BCUT2D eigenvalue weighted by Gasteiger charge is 2.23. The van der Waals surface area contributed by atoms with Crippen LogP contribution in [-0.2, 0) is 31.8 Å². The molecule has 38 heavy (non-hydrogen) atoms. The van der Waals surface area contributed by atoms with Crippen LogP contribution in [0.3, 0.4) is 0 Å². The van der Waals surface area contributed by atoms with E-state index in [2.05, 4.69) is 14.8 Å². The largest absolute Gasteiger partial charge is 0.611 e. The summed E-state index contributed by atoms with van der Waals surface area (Å²) < 4.78 is 16.5. The molecular formula is C26H38N6O5S. The van der Waals surface area contributed by atoms with Crippen molar-refractivity contribution in [1.82, 2.24) is 28.5 Å². The van der Waals surface area contributed by atoms with E-state index in [1.807, 2.05) is 31.2 Å². The zero-order chi connectivity index (χ0) is 27.4. The number of rotatable bonds is 11. The average molecular weight is 547 g/mol. The maximum absolute atomic E-state index is 12.9. The molecule has 3 aromatic rings. The van der Waals surface area contributed by atoms with Crippen molar-refractivity contribution in [3.8, 4) is 0 Å². The van der Waals surface area contributed by atoms with Crippen LogP contribution in [0.25, 0.3) is 11.2 Å². The fourth-order valence-electron chi connectivity index (χ4n) is 4.99. The van der Waals surface area contributed by atoms with Crippen LogP contribution < -0.4 is 11.2 Å². The molecule has 0 aliphatic carbocycles. The summed E-state index contributed by atoms with van der Waals surface area (Å²) in [5, 5.41) is 21.2. The maximum atomic E-state index is 12.9. The molecule has 1 saturated heterocycles. The van der Waals surface area contributed by atoms with Crippen LogP contribution in [0, 0.1) is 6.92 Å². The van der Waals surface area contributed by atoms with Gasteiger partial charge in [-0.25, -0.2) is 9.78 Å². The van der Waals surface area contributed by atoms with E-state index in [-0.39, 0.29) is 6.54 Å². The molecule has 12 heteroatoms. The van der Waals surface area contributed by atoms with E-state index in [4.69, 9.17) is 0 Å². The fourth-order valence-corrected chi connectivity index (χ4v) is 6.20. The molecule has 0 saturated carbocycles. The summed E-state index contributed by atoms with van der Waals surface area (Å²) in [7, 11) is 3.27. The standard InChI is InChI=1S/C26H38N6O5S/c1-19-6-4-8-22(14-19)38(37)13-5-7-20(33)15-30-9-11-31(12-10-30)16-21(34)17-32-25(35)23-24(27-18-28(23)2)29(3)26(32)36/h4,6,8,14,18,20-21,33-34H,5,7,9-13,15-17H2,1-3H3. The fraction of sp³-hybridized carbons (Fsp3) is 0.577. The molecule has 208 valence electrons. The van der Waals surface area contributed by atoms with Gasteiger partial charge in [-0.05, 0) is 48.6 Å². The normalized spacial score (nSPS) is 17.6. The lowest BCUT2D eigenvalue weighted by molar-refractivity contribution is 0.0417. The molecule has 4 rings (SSSR count). The van der Waals surface area contributed by atoms with Crippen molar-refractivity contribution < 1.29 is 14.8 Å². The third kappa shape index (κ3) is 6.74. The van der Waals surface area contributed by atoms with Gasteiger partial charge in [0.25, 0.3) is 5.56 Å². The Hall–Kier alpha value is -2.48. The smallest absolute Gasteiger partial charge is 0.332 e. The van der Waals surface area contributed by atoms with Crippen molar-refractivity contribution in [1.29, 1.82) is 0 Å². The highest BCUT2D eigenvalue weighted by molar-refractivity contribution is 7.91. The summed E-state index contributed by atoms with van der Waals surface area (Å²) in [4.78, 5) is 34.8. The van der Waals surface area contributed by atoms with Crippen molar-refractivity contribution in [3.63, 3.8) is 0 Å². The number of β-amino-alcohol motifs (C(OH)–C–C–N with tert-alkyl or cyclic N) is 2. The molecule has 2 aromatic heterocycles. The first kappa shape index (κ1) is 28.5. The van der Waals surface area contributed by atoms with Crippen molar-refractivity contribution >= 4 is 22.3 Å². The van der Waals surface area contributed by atoms with Gasteiger partial charge in [0.05, 0.1) is 25.1 Å². The van der Waals surface area contributed by atoms with Gasteiger partial charge in [0, 0.05) is 53.4 Å². The Labute approximate surface area is 225 Å². The van der Waals surface area contributed by atoms with Crippen LogP contribution in [-0.4, -0.2) is 100 Å². The highest BCUT2D eigenvalue weighted by atomic mass is 32.2. The van der Waals surface area contributed by atoms with Gasteiger partial charge in [0.15, 0.2) is 16.1 Å². The molecule has 1 fully saturated rings. The van der Waals surface area contributed by atoms with Crippen LogP contribution in [0.4, 0.5) is 0 Å². The zero-order valence-corrected chi connectivity index (χ0v) is 23.1. The Balaban J connectivity index is 1.20. The van der Waals surface area contributed by atoms with E-state index < -0.39 is 34.6 Å². The SMILES string of the molecule is Cc1cccc([S+]([O-])CCCC(O)CN2CCN(CC(O)Cn3c(=O)c4c(ncn4C)n(C)c3=O)CC2)c1. The maximum Gasteiger partial charge on any atom is 0.332 e. The minimum atomic E-state index is -1.05. The number of aryl methyl sites for hydroxylation is 3. The number of hydrogen-bond donors (Lipinski definition) is 2. The van der Waals surface area contributed by atoms with Crippen LogP contribution in [0.1, 0.15) is 18.4 Å². The van der Waals surface area contributed by atoms with Gasteiger partial charge in [0.1, 0.15) is 5.75 Å².